The molecule has 2 rings (SSSR count). The monoisotopic (exact) mass is 341 g/mol. The minimum atomic E-state index is 0.269. The lowest BCUT2D eigenvalue weighted by atomic mass is 10.2. The SMILES string of the molecule is C=CCOc1ccccc1CN=C(N)Nc1cc(OC)ccc1OC. The van der Waals surface area contributed by atoms with Gasteiger partial charge in [-0.1, -0.05) is 30.9 Å². The number of hydrogen-bond donors (Lipinski definition) is 2. The minimum absolute atomic E-state index is 0.269. The van der Waals surface area contributed by atoms with E-state index in [0.29, 0.717) is 30.3 Å². The topological polar surface area (TPSA) is 78.1 Å². The molecule has 0 bridgehead atoms. The molecular formula is C19H23N3O3. The van der Waals surface area contributed by atoms with Crippen LogP contribution in [0.15, 0.2) is 60.1 Å². The van der Waals surface area contributed by atoms with Crippen LogP contribution in [0.3, 0.4) is 0 Å². The second-order valence-electron chi connectivity index (χ2n) is 5.10. The van der Waals surface area contributed by atoms with E-state index in [-0.39, 0.29) is 5.96 Å². The number of aliphatic imine (C=N–C) groups is 1. The molecule has 0 amide bonds. The van der Waals surface area contributed by atoms with E-state index in [0.717, 1.165) is 11.3 Å². The van der Waals surface area contributed by atoms with E-state index in [1.54, 1.807) is 32.4 Å². The summed E-state index contributed by atoms with van der Waals surface area (Å²) in [6, 6.07) is 13.1. The Kier molecular flexibility index (Phi) is 6.71. The van der Waals surface area contributed by atoms with Crippen LogP contribution in [0.4, 0.5) is 5.69 Å². The summed E-state index contributed by atoms with van der Waals surface area (Å²) >= 11 is 0. The number of nitrogens with two attached hydrogens (primary N) is 1. The van der Waals surface area contributed by atoms with Crippen LogP contribution in [0.5, 0.6) is 17.2 Å². The first-order valence-corrected chi connectivity index (χ1v) is 7.78. The van der Waals surface area contributed by atoms with Crippen molar-refractivity contribution in [2.24, 2.45) is 10.7 Å². The molecule has 2 aromatic carbocycles. The van der Waals surface area contributed by atoms with Crippen LogP contribution < -0.4 is 25.3 Å². The molecule has 0 unspecified atom stereocenters. The summed E-state index contributed by atoms with van der Waals surface area (Å²) in [6.45, 7) is 4.48. The Hall–Kier alpha value is -3.15. The van der Waals surface area contributed by atoms with Crippen LogP contribution in [0.2, 0.25) is 0 Å². The van der Waals surface area contributed by atoms with Gasteiger partial charge in [0.15, 0.2) is 5.96 Å². The standard InChI is InChI=1S/C19H23N3O3/c1-4-11-25-17-8-6-5-7-14(17)13-21-19(20)22-16-12-15(23-2)9-10-18(16)24-3/h4-10,12H,1,11,13H2,2-3H3,(H3,20,21,22). The molecule has 0 saturated heterocycles. The maximum atomic E-state index is 6.00. The number of ether oxygens (including phenoxy) is 3. The van der Waals surface area contributed by atoms with E-state index in [2.05, 4.69) is 16.9 Å². The van der Waals surface area contributed by atoms with Crippen LogP contribution in [0.25, 0.3) is 0 Å². The van der Waals surface area contributed by atoms with Gasteiger partial charge in [0, 0.05) is 11.6 Å². The lowest BCUT2D eigenvalue weighted by Crippen LogP contribution is -2.23. The molecule has 0 atom stereocenters. The van der Waals surface area contributed by atoms with Crippen LogP contribution in [0.1, 0.15) is 5.56 Å². The van der Waals surface area contributed by atoms with Crippen LogP contribution in [0, 0.1) is 0 Å². The molecule has 0 heterocycles. The van der Waals surface area contributed by atoms with Crippen LogP contribution in [-0.2, 0) is 6.54 Å². The van der Waals surface area contributed by atoms with Crippen molar-refractivity contribution in [3.05, 3.63) is 60.7 Å². The van der Waals surface area contributed by atoms with Gasteiger partial charge in [-0.05, 0) is 18.2 Å². The molecule has 0 radical (unpaired) electrons. The molecule has 3 N–H and O–H groups in total. The second kappa shape index (κ2) is 9.22. The van der Waals surface area contributed by atoms with Gasteiger partial charge in [0.1, 0.15) is 23.9 Å². The van der Waals surface area contributed by atoms with Crippen molar-refractivity contribution in [1.29, 1.82) is 0 Å². The van der Waals surface area contributed by atoms with E-state index in [1.165, 1.54) is 0 Å². The number of methoxy groups -OCH3 is 2. The summed E-state index contributed by atoms with van der Waals surface area (Å²) in [5.74, 6) is 2.37. The zero-order valence-electron chi connectivity index (χ0n) is 14.5. The lowest BCUT2D eigenvalue weighted by molar-refractivity contribution is 0.359. The van der Waals surface area contributed by atoms with Crippen molar-refractivity contribution < 1.29 is 14.2 Å². The Morgan fingerprint density at radius 1 is 1.16 bits per heavy atom. The molecule has 0 aliphatic rings. The third-order valence-electron chi connectivity index (χ3n) is 3.42. The van der Waals surface area contributed by atoms with Crippen molar-refractivity contribution in [3.8, 4) is 17.2 Å². The van der Waals surface area contributed by atoms with Gasteiger partial charge in [-0.3, -0.25) is 0 Å². The van der Waals surface area contributed by atoms with Crippen molar-refractivity contribution in [2.45, 2.75) is 6.54 Å². The van der Waals surface area contributed by atoms with Crippen molar-refractivity contribution in [3.63, 3.8) is 0 Å². The Morgan fingerprint density at radius 2 is 1.96 bits per heavy atom. The number of benzene rings is 2. The van der Waals surface area contributed by atoms with Crippen molar-refractivity contribution in [2.75, 3.05) is 26.1 Å². The summed E-state index contributed by atoms with van der Waals surface area (Å²) in [6.07, 6.45) is 1.70. The van der Waals surface area contributed by atoms with E-state index in [9.17, 15) is 0 Å². The number of para-hydroxylation sites is 1. The summed E-state index contributed by atoms with van der Waals surface area (Å²) in [5.41, 5.74) is 7.62. The maximum Gasteiger partial charge on any atom is 0.193 e. The van der Waals surface area contributed by atoms with E-state index in [1.807, 2.05) is 30.3 Å². The number of nitrogens with one attached hydrogen (secondary N) is 1. The predicted octanol–water partition coefficient (Wildman–Crippen LogP) is 3.20. The average molecular weight is 341 g/mol. The van der Waals surface area contributed by atoms with E-state index >= 15 is 0 Å². The highest BCUT2D eigenvalue weighted by Gasteiger charge is 2.07. The molecule has 0 fully saturated rings. The fourth-order valence-corrected chi connectivity index (χ4v) is 2.18. The maximum absolute atomic E-state index is 6.00. The number of hydrogen-bond acceptors (Lipinski definition) is 4. The van der Waals surface area contributed by atoms with E-state index < -0.39 is 0 Å². The largest absolute Gasteiger partial charge is 0.497 e. The summed E-state index contributed by atoms with van der Waals surface area (Å²) < 4.78 is 16.2. The molecule has 0 aromatic heterocycles. The van der Waals surface area contributed by atoms with Gasteiger partial charge in [-0.2, -0.15) is 0 Å². The van der Waals surface area contributed by atoms with Crippen molar-refractivity contribution in [1.82, 2.24) is 0 Å². The minimum Gasteiger partial charge on any atom is -0.497 e. The first kappa shape index (κ1) is 18.2. The zero-order valence-corrected chi connectivity index (χ0v) is 14.5. The second-order valence-corrected chi connectivity index (χ2v) is 5.10. The van der Waals surface area contributed by atoms with Gasteiger partial charge in [0.25, 0.3) is 0 Å². The van der Waals surface area contributed by atoms with Gasteiger partial charge in [-0.15, -0.1) is 0 Å². The molecule has 6 heteroatoms. The highest BCUT2D eigenvalue weighted by atomic mass is 16.5. The van der Waals surface area contributed by atoms with Crippen LogP contribution in [-0.4, -0.2) is 26.8 Å². The Bertz CT molecular complexity index is 744. The molecule has 6 nitrogen and oxygen atoms in total. The molecule has 0 aliphatic heterocycles. The zero-order chi connectivity index (χ0) is 18.1. The molecule has 132 valence electrons. The van der Waals surface area contributed by atoms with E-state index in [4.69, 9.17) is 19.9 Å². The fourth-order valence-electron chi connectivity index (χ4n) is 2.18. The Morgan fingerprint density at radius 3 is 2.68 bits per heavy atom. The van der Waals surface area contributed by atoms with Gasteiger partial charge in [-0.25, -0.2) is 4.99 Å². The molecule has 25 heavy (non-hydrogen) atoms. The summed E-state index contributed by atoms with van der Waals surface area (Å²) in [4.78, 5) is 4.37. The average Bonchev–Trinajstić information content (AvgIpc) is 2.65. The third kappa shape index (κ3) is 5.17. The molecule has 0 aliphatic carbocycles. The highest BCUT2D eigenvalue weighted by molar-refractivity contribution is 5.94. The number of anilines is 1. The third-order valence-corrected chi connectivity index (χ3v) is 3.42. The lowest BCUT2D eigenvalue weighted by Gasteiger charge is -2.12. The predicted molar refractivity (Wildman–Crippen MR) is 101 cm³/mol. The van der Waals surface area contributed by atoms with Gasteiger partial charge >= 0.3 is 0 Å². The summed E-state index contributed by atoms with van der Waals surface area (Å²) in [5, 5.41) is 3.03. The number of rotatable bonds is 8. The fraction of sp³-hybridized carbons (Fsp3) is 0.211. The van der Waals surface area contributed by atoms with Crippen molar-refractivity contribution >= 4 is 11.6 Å². The van der Waals surface area contributed by atoms with Crippen LogP contribution >= 0.6 is 0 Å². The Labute approximate surface area is 147 Å². The first-order chi connectivity index (χ1) is 12.2. The van der Waals surface area contributed by atoms with Gasteiger partial charge in [0.2, 0.25) is 0 Å². The van der Waals surface area contributed by atoms with Gasteiger partial charge in [0.05, 0.1) is 26.5 Å². The molecule has 0 saturated carbocycles. The Balaban J connectivity index is 2.11. The molecule has 2 aromatic rings. The number of guanidine groups is 1. The smallest absolute Gasteiger partial charge is 0.193 e. The quantitative estimate of drug-likeness (QED) is 0.438. The summed E-state index contributed by atoms with van der Waals surface area (Å²) in [7, 11) is 3.19. The molecular weight excluding hydrogens is 318 g/mol. The first-order valence-electron chi connectivity index (χ1n) is 7.78. The molecule has 0 spiro atoms. The highest BCUT2D eigenvalue weighted by Crippen LogP contribution is 2.28. The normalized spacial score (nSPS) is 10.9. The number of nitrogens with zero attached hydrogens (tertiary/aromatic N) is 1. The van der Waals surface area contributed by atoms with Gasteiger partial charge < -0.3 is 25.3 Å².